The number of nitrogens with one attached hydrogen (secondary N) is 1. The van der Waals surface area contributed by atoms with Crippen LogP contribution in [0.1, 0.15) is 11.3 Å². The second kappa shape index (κ2) is 5.75. The quantitative estimate of drug-likeness (QED) is 0.882. The molecular weight excluding hydrogens is 288 g/mol. The van der Waals surface area contributed by atoms with Crippen LogP contribution in [0.5, 0.6) is 0 Å². The first kappa shape index (κ1) is 14.1. The van der Waals surface area contributed by atoms with E-state index in [1.807, 2.05) is 24.3 Å². The lowest BCUT2D eigenvalue weighted by atomic mass is 10.2. The standard InChI is InChI=1S/C12H13ClN2O3S/c13-11-4-2-1-3-9(11)7-15-8-10-5-6-12(18-10)19(14,16)17/h1-6,15H,7-8H2,(H2,14,16,17). The Morgan fingerprint density at radius 1 is 1.16 bits per heavy atom. The maximum Gasteiger partial charge on any atom is 0.271 e. The van der Waals surface area contributed by atoms with E-state index in [0.717, 1.165) is 5.56 Å². The fourth-order valence-electron chi connectivity index (χ4n) is 1.57. The Balaban J connectivity index is 1.93. The molecule has 0 aliphatic rings. The van der Waals surface area contributed by atoms with Crippen molar-refractivity contribution in [2.45, 2.75) is 18.2 Å². The van der Waals surface area contributed by atoms with Gasteiger partial charge in [0.2, 0.25) is 5.09 Å². The van der Waals surface area contributed by atoms with E-state index in [4.69, 9.17) is 21.2 Å². The summed E-state index contributed by atoms with van der Waals surface area (Å²) in [4.78, 5) is 0. The number of sulfonamides is 1. The van der Waals surface area contributed by atoms with Crippen molar-refractivity contribution in [1.82, 2.24) is 5.32 Å². The fourth-order valence-corrected chi connectivity index (χ4v) is 2.25. The molecule has 3 N–H and O–H groups in total. The minimum atomic E-state index is -3.78. The monoisotopic (exact) mass is 300 g/mol. The summed E-state index contributed by atoms with van der Waals surface area (Å²) < 4.78 is 27.2. The van der Waals surface area contributed by atoms with Crippen LogP contribution in [-0.4, -0.2) is 8.42 Å². The van der Waals surface area contributed by atoms with Gasteiger partial charge in [-0.3, -0.25) is 0 Å². The molecule has 0 unspecified atom stereocenters. The molecule has 19 heavy (non-hydrogen) atoms. The van der Waals surface area contributed by atoms with Crippen molar-refractivity contribution in [3.8, 4) is 0 Å². The topological polar surface area (TPSA) is 85.3 Å². The molecule has 1 heterocycles. The SMILES string of the molecule is NS(=O)(=O)c1ccc(CNCc2ccccc2Cl)o1. The zero-order chi connectivity index (χ0) is 13.9. The van der Waals surface area contributed by atoms with Crippen LogP contribution in [0.25, 0.3) is 0 Å². The lowest BCUT2D eigenvalue weighted by Gasteiger charge is -2.04. The summed E-state index contributed by atoms with van der Waals surface area (Å²) in [6.07, 6.45) is 0. The van der Waals surface area contributed by atoms with Crippen molar-refractivity contribution in [2.75, 3.05) is 0 Å². The summed E-state index contributed by atoms with van der Waals surface area (Å²) in [5, 5.41) is 8.51. The Hall–Kier alpha value is -1.34. The third-order valence-electron chi connectivity index (χ3n) is 2.49. The second-order valence-electron chi connectivity index (χ2n) is 3.96. The van der Waals surface area contributed by atoms with E-state index in [1.165, 1.54) is 6.07 Å². The van der Waals surface area contributed by atoms with E-state index in [9.17, 15) is 8.42 Å². The van der Waals surface area contributed by atoms with Crippen LogP contribution in [0.2, 0.25) is 5.02 Å². The minimum Gasteiger partial charge on any atom is -0.447 e. The highest BCUT2D eigenvalue weighted by Gasteiger charge is 2.12. The molecule has 102 valence electrons. The third kappa shape index (κ3) is 3.81. The highest BCUT2D eigenvalue weighted by molar-refractivity contribution is 7.89. The van der Waals surface area contributed by atoms with Crippen molar-refractivity contribution in [2.24, 2.45) is 5.14 Å². The minimum absolute atomic E-state index is 0.234. The van der Waals surface area contributed by atoms with E-state index >= 15 is 0 Å². The van der Waals surface area contributed by atoms with Crippen LogP contribution in [0.4, 0.5) is 0 Å². The van der Waals surface area contributed by atoms with Gasteiger partial charge in [-0.05, 0) is 23.8 Å². The average Bonchev–Trinajstić information content (AvgIpc) is 2.80. The molecule has 1 aromatic carbocycles. The maximum absolute atomic E-state index is 11.0. The molecule has 0 bridgehead atoms. The Kier molecular flexibility index (Phi) is 4.26. The van der Waals surface area contributed by atoms with E-state index in [0.29, 0.717) is 23.9 Å². The molecule has 0 radical (unpaired) electrons. The van der Waals surface area contributed by atoms with Crippen LogP contribution in [0.15, 0.2) is 45.9 Å². The third-order valence-corrected chi connectivity index (χ3v) is 3.64. The number of hydrogen-bond acceptors (Lipinski definition) is 4. The second-order valence-corrected chi connectivity index (χ2v) is 5.86. The van der Waals surface area contributed by atoms with Gasteiger partial charge in [-0.1, -0.05) is 29.8 Å². The van der Waals surface area contributed by atoms with Gasteiger partial charge in [0.15, 0.2) is 0 Å². The molecule has 2 aromatic rings. The number of furan rings is 1. The number of primary sulfonamides is 1. The Labute approximate surface area is 116 Å². The van der Waals surface area contributed by atoms with Gasteiger partial charge in [-0.15, -0.1) is 0 Å². The normalized spacial score (nSPS) is 11.7. The van der Waals surface area contributed by atoms with Crippen molar-refractivity contribution >= 4 is 21.6 Å². The molecule has 0 saturated carbocycles. The molecule has 0 spiro atoms. The average molecular weight is 301 g/mol. The van der Waals surface area contributed by atoms with Crippen molar-refractivity contribution in [1.29, 1.82) is 0 Å². The Morgan fingerprint density at radius 3 is 2.53 bits per heavy atom. The van der Waals surface area contributed by atoms with Gasteiger partial charge in [-0.25, -0.2) is 13.6 Å². The Bertz CT molecular complexity index is 667. The van der Waals surface area contributed by atoms with Crippen LogP contribution in [0, 0.1) is 0 Å². The van der Waals surface area contributed by atoms with Crippen LogP contribution < -0.4 is 10.5 Å². The molecule has 0 fully saturated rings. The number of hydrogen-bond donors (Lipinski definition) is 2. The van der Waals surface area contributed by atoms with Crippen molar-refractivity contribution in [3.05, 3.63) is 52.7 Å². The summed E-state index contributed by atoms with van der Waals surface area (Å²) >= 11 is 6.01. The van der Waals surface area contributed by atoms with Gasteiger partial charge in [0.05, 0.1) is 6.54 Å². The molecule has 1 aromatic heterocycles. The Morgan fingerprint density at radius 2 is 1.89 bits per heavy atom. The fraction of sp³-hybridized carbons (Fsp3) is 0.167. The highest BCUT2D eigenvalue weighted by atomic mass is 35.5. The number of halogens is 1. The first-order chi connectivity index (χ1) is 8.97. The van der Waals surface area contributed by atoms with Gasteiger partial charge >= 0.3 is 0 Å². The van der Waals surface area contributed by atoms with Crippen LogP contribution in [-0.2, 0) is 23.1 Å². The molecular formula is C12H13ClN2O3S. The van der Waals surface area contributed by atoms with E-state index in [2.05, 4.69) is 5.32 Å². The van der Waals surface area contributed by atoms with Gasteiger partial charge in [-0.2, -0.15) is 0 Å². The molecule has 0 atom stereocenters. The lowest BCUT2D eigenvalue weighted by molar-refractivity contribution is 0.402. The molecule has 0 aliphatic heterocycles. The zero-order valence-electron chi connectivity index (χ0n) is 9.97. The summed E-state index contributed by atoms with van der Waals surface area (Å²) in [6, 6.07) is 10.4. The van der Waals surface area contributed by atoms with Gasteiger partial charge in [0, 0.05) is 11.6 Å². The molecule has 7 heteroatoms. The van der Waals surface area contributed by atoms with Crippen LogP contribution in [0.3, 0.4) is 0 Å². The summed E-state index contributed by atoms with van der Waals surface area (Å²) in [5.74, 6) is 0.496. The summed E-state index contributed by atoms with van der Waals surface area (Å²) in [7, 11) is -3.78. The molecule has 0 amide bonds. The molecule has 5 nitrogen and oxygen atoms in total. The van der Waals surface area contributed by atoms with E-state index in [1.54, 1.807) is 6.07 Å². The largest absolute Gasteiger partial charge is 0.447 e. The highest BCUT2D eigenvalue weighted by Crippen LogP contribution is 2.15. The van der Waals surface area contributed by atoms with E-state index < -0.39 is 10.0 Å². The molecule has 2 rings (SSSR count). The van der Waals surface area contributed by atoms with Gasteiger partial charge in [0.1, 0.15) is 5.76 Å². The lowest BCUT2D eigenvalue weighted by Crippen LogP contribution is -2.13. The summed E-state index contributed by atoms with van der Waals surface area (Å²) in [6.45, 7) is 0.950. The predicted octanol–water partition coefficient (Wildman–Crippen LogP) is 1.87. The van der Waals surface area contributed by atoms with Gasteiger partial charge < -0.3 is 9.73 Å². The van der Waals surface area contributed by atoms with E-state index in [-0.39, 0.29) is 5.09 Å². The smallest absolute Gasteiger partial charge is 0.271 e. The molecule has 0 saturated heterocycles. The van der Waals surface area contributed by atoms with Crippen LogP contribution >= 0.6 is 11.6 Å². The number of rotatable bonds is 5. The predicted molar refractivity (Wildman–Crippen MR) is 72.1 cm³/mol. The maximum atomic E-state index is 11.0. The van der Waals surface area contributed by atoms with Crippen molar-refractivity contribution < 1.29 is 12.8 Å². The number of benzene rings is 1. The summed E-state index contributed by atoms with van der Waals surface area (Å²) in [5.41, 5.74) is 0.961. The molecule has 0 aliphatic carbocycles. The first-order valence-electron chi connectivity index (χ1n) is 5.52. The zero-order valence-corrected chi connectivity index (χ0v) is 11.5. The van der Waals surface area contributed by atoms with Gasteiger partial charge in [0.25, 0.3) is 10.0 Å². The first-order valence-corrected chi connectivity index (χ1v) is 7.45. The van der Waals surface area contributed by atoms with Crippen molar-refractivity contribution in [3.63, 3.8) is 0 Å². The number of nitrogens with two attached hydrogens (primary N) is 1.